The van der Waals surface area contributed by atoms with E-state index in [1.807, 2.05) is 0 Å². The van der Waals surface area contributed by atoms with Gasteiger partial charge in [0.1, 0.15) is 0 Å². The Morgan fingerprint density at radius 3 is 2.89 bits per heavy atom. The molecule has 0 aliphatic carbocycles. The minimum absolute atomic E-state index is 0.0343. The number of hydrogen-bond donors (Lipinski definition) is 2. The van der Waals surface area contributed by atoms with Gasteiger partial charge in [0.25, 0.3) is 5.56 Å². The molecule has 1 amide bonds. The van der Waals surface area contributed by atoms with Gasteiger partial charge in [0.2, 0.25) is 15.9 Å². The molecule has 1 aliphatic heterocycles. The third-order valence-corrected chi connectivity index (χ3v) is 7.00. The first-order valence-corrected chi connectivity index (χ1v) is 10.8. The van der Waals surface area contributed by atoms with E-state index in [1.165, 1.54) is 32.5 Å². The summed E-state index contributed by atoms with van der Waals surface area (Å²) in [7, 11) is -3.26. The third-order valence-electron chi connectivity index (χ3n) is 4.18. The van der Waals surface area contributed by atoms with Crippen LogP contribution in [0.4, 0.5) is 5.13 Å². The normalized spacial score (nSPS) is 14.7. The van der Waals surface area contributed by atoms with Gasteiger partial charge in [-0.2, -0.15) is 4.31 Å². The zero-order chi connectivity index (χ0) is 19.6. The molecule has 12 heteroatoms. The van der Waals surface area contributed by atoms with E-state index in [9.17, 15) is 22.8 Å². The Morgan fingerprint density at radius 1 is 1.41 bits per heavy atom. The number of amides is 1. The minimum atomic E-state index is -3.26. The zero-order valence-corrected chi connectivity index (χ0v) is 16.2. The number of carbonyl (C=O) groups excluding carboxylic acids is 1. The zero-order valence-electron chi connectivity index (χ0n) is 14.6. The van der Waals surface area contributed by atoms with Crippen LogP contribution in [0, 0.1) is 0 Å². The summed E-state index contributed by atoms with van der Waals surface area (Å²) in [4.78, 5) is 42.0. The Balaban J connectivity index is 1.61. The van der Waals surface area contributed by atoms with Gasteiger partial charge in [0.05, 0.1) is 11.4 Å². The molecule has 2 aromatic heterocycles. The molecule has 0 fully saturated rings. The lowest BCUT2D eigenvalue weighted by molar-refractivity contribution is -0.116. The maximum Gasteiger partial charge on any atom is 0.328 e. The van der Waals surface area contributed by atoms with Crippen LogP contribution >= 0.6 is 11.3 Å². The number of sulfonamides is 1. The number of nitrogens with zero attached hydrogens (tertiary/aromatic N) is 3. The summed E-state index contributed by atoms with van der Waals surface area (Å²) in [5, 5.41) is 3.09. The Bertz CT molecular complexity index is 1070. The Kier molecular flexibility index (Phi) is 5.58. The van der Waals surface area contributed by atoms with Crippen LogP contribution in [0.25, 0.3) is 0 Å². The largest absolute Gasteiger partial charge is 0.328 e. The van der Waals surface area contributed by atoms with Gasteiger partial charge in [-0.05, 0) is 6.92 Å². The van der Waals surface area contributed by atoms with E-state index in [0.29, 0.717) is 18.1 Å². The van der Waals surface area contributed by atoms with E-state index in [0.717, 1.165) is 10.6 Å². The first-order valence-electron chi connectivity index (χ1n) is 8.34. The minimum Gasteiger partial charge on any atom is -0.302 e. The lowest BCUT2D eigenvalue weighted by Gasteiger charge is -2.24. The first-order chi connectivity index (χ1) is 12.8. The van der Waals surface area contributed by atoms with Crippen LogP contribution in [-0.2, 0) is 34.3 Å². The number of aryl methyl sites for hydroxylation is 1. The van der Waals surface area contributed by atoms with Gasteiger partial charge in [0, 0.05) is 49.6 Å². The molecule has 0 saturated carbocycles. The number of hydrogen-bond acceptors (Lipinski definition) is 7. The van der Waals surface area contributed by atoms with Crippen LogP contribution in [0.2, 0.25) is 0 Å². The van der Waals surface area contributed by atoms with Gasteiger partial charge < -0.3 is 9.88 Å². The summed E-state index contributed by atoms with van der Waals surface area (Å²) in [6.45, 7) is 2.38. The number of aromatic amines is 1. The number of rotatable bonds is 6. The molecule has 0 saturated heterocycles. The predicted octanol–water partition coefficient (Wildman–Crippen LogP) is -0.270. The van der Waals surface area contributed by atoms with Crippen molar-refractivity contribution >= 4 is 32.4 Å². The smallest absolute Gasteiger partial charge is 0.302 e. The fraction of sp³-hybridized carbons (Fsp3) is 0.467. The summed E-state index contributed by atoms with van der Waals surface area (Å²) in [5.74, 6) is -0.272. The number of thiazole rings is 1. The monoisotopic (exact) mass is 413 g/mol. The van der Waals surface area contributed by atoms with Crippen LogP contribution in [0.3, 0.4) is 0 Å². The number of anilines is 1. The molecule has 10 nitrogen and oxygen atoms in total. The number of fused-ring (bicyclic) bond motifs is 1. The molecule has 3 rings (SSSR count). The molecule has 2 aromatic rings. The Hall–Kier alpha value is -2.31. The first kappa shape index (κ1) is 19.5. The van der Waals surface area contributed by atoms with Crippen LogP contribution in [0.1, 0.15) is 23.9 Å². The predicted molar refractivity (Wildman–Crippen MR) is 100 cm³/mol. The maximum absolute atomic E-state index is 12.1. The van der Waals surface area contributed by atoms with E-state index in [4.69, 9.17) is 0 Å². The highest BCUT2D eigenvalue weighted by atomic mass is 32.2. The second kappa shape index (κ2) is 7.74. The second-order valence-corrected chi connectivity index (χ2v) is 9.32. The van der Waals surface area contributed by atoms with E-state index < -0.39 is 21.3 Å². The number of aromatic nitrogens is 3. The van der Waals surface area contributed by atoms with Crippen LogP contribution < -0.4 is 16.6 Å². The molecule has 0 aromatic carbocycles. The van der Waals surface area contributed by atoms with Gasteiger partial charge in [-0.3, -0.25) is 14.6 Å². The van der Waals surface area contributed by atoms with Gasteiger partial charge in [-0.1, -0.05) is 0 Å². The van der Waals surface area contributed by atoms with Crippen molar-refractivity contribution in [2.75, 3.05) is 17.6 Å². The fourth-order valence-corrected chi connectivity index (χ4v) is 4.85. The topological polar surface area (TPSA) is 134 Å². The summed E-state index contributed by atoms with van der Waals surface area (Å²) in [6.07, 6.45) is 1.87. The number of H-pyrrole nitrogens is 1. The molecule has 0 spiro atoms. The number of carbonyl (C=O) groups is 1. The molecule has 3 heterocycles. The van der Waals surface area contributed by atoms with Crippen molar-refractivity contribution in [3.63, 3.8) is 0 Å². The van der Waals surface area contributed by atoms with Crippen molar-refractivity contribution in [3.05, 3.63) is 43.7 Å². The third kappa shape index (κ3) is 4.51. The van der Waals surface area contributed by atoms with Gasteiger partial charge in [-0.25, -0.2) is 18.2 Å². The lowest BCUT2D eigenvalue weighted by Crippen LogP contribution is -2.36. The van der Waals surface area contributed by atoms with Crippen molar-refractivity contribution in [1.82, 2.24) is 18.8 Å². The van der Waals surface area contributed by atoms with Crippen LogP contribution in [-0.4, -0.2) is 45.5 Å². The molecular formula is C15H19N5O5S2. The summed E-state index contributed by atoms with van der Waals surface area (Å²) in [6, 6.07) is 1.21. The van der Waals surface area contributed by atoms with Gasteiger partial charge >= 0.3 is 5.69 Å². The average molecular weight is 413 g/mol. The Labute approximate surface area is 158 Å². The van der Waals surface area contributed by atoms with Crippen molar-refractivity contribution in [1.29, 1.82) is 0 Å². The standard InChI is InChI=1S/C15H19N5O5S2/c1-2-27(24,25)20-8-3-10-11(9-20)26-14(16-10)17-12(21)4-6-19-7-5-13(22)18-15(19)23/h5,7H,2-4,6,8-9H2,1H3,(H,16,17,21)(H,18,22,23). The summed E-state index contributed by atoms with van der Waals surface area (Å²) in [5.41, 5.74) is -0.264. The van der Waals surface area contributed by atoms with E-state index in [-0.39, 0.29) is 31.2 Å². The lowest BCUT2D eigenvalue weighted by atomic mass is 10.2. The van der Waals surface area contributed by atoms with E-state index >= 15 is 0 Å². The second-order valence-electron chi connectivity index (χ2n) is 5.97. The molecule has 0 atom stereocenters. The van der Waals surface area contributed by atoms with Crippen molar-refractivity contribution in [3.8, 4) is 0 Å². The summed E-state index contributed by atoms with van der Waals surface area (Å²) < 4.78 is 26.7. The Morgan fingerprint density at radius 2 is 2.19 bits per heavy atom. The highest BCUT2D eigenvalue weighted by Gasteiger charge is 2.28. The fourth-order valence-electron chi connectivity index (χ4n) is 2.67. The molecule has 0 radical (unpaired) electrons. The van der Waals surface area contributed by atoms with Crippen LogP contribution in [0.5, 0.6) is 0 Å². The van der Waals surface area contributed by atoms with Gasteiger partial charge in [0.15, 0.2) is 5.13 Å². The molecule has 27 heavy (non-hydrogen) atoms. The van der Waals surface area contributed by atoms with Crippen molar-refractivity contribution in [2.45, 2.75) is 32.9 Å². The molecule has 146 valence electrons. The maximum atomic E-state index is 12.1. The average Bonchev–Trinajstić information content (AvgIpc) is 3.02. The van der Waals surface area contributed by atoms with Crippen molar-refractivity contribution < 1.29 is 13.2 Å². The van der Waals surface area contributed by atoms with Crippen molar-refractivity contribution in [2.24, 2.45) is 0 Å². The molecule has 1 aliphatic rings. The van der Waals surface area contributed by atoms with Gasteiger partial charge in [-0.15, -0.1) is 11.3 Å². The van der Waals surface area contributed by atoms with Crippen LogP contribution in [0.15, 0.2) is 21.9 Å². The number of nitrogens with one attached hydrogen (secondary N) is 2. The molecular weight excluding hydrogens is 394 g/mol. The molecule has 2 N–H and O–H groups in total. The molecule has 0 bridgehead atoms. The highest BCUT2D eigenvalue weighted by Crippen LogP contribution is 2.29. The van der Waals surface area contributed by atoms with E-state index in [2.05, 4.69) is 15.3 Å². The molecule has 0 unspecified atom stereocenters. The SMILES string of the molecule is CCS(=O)(=O)N1CCc2nc(NC(=O)CCn3ccc(=O)[nH]c3=O)sc2C1. The quantitative estimate of drug-likeness (QED) is 0.669. The summed E-state index contributed by atoms with van der Waals surface area (Å²) >= 11 is 1.26. The van der Waals surface area contributed by atoms with E-state index in [1.54, 1.807) is 6.92 Å². The highest BCUT2D eigenvalue weighted by molar-refractivity contribution is 7.89.